The molecule has 4 heteroatoms. The van der Waals surface area contributed by atoms with Gasteiger partial charge in [0.15, 0.2) is 0 Å². The molecule has 0 aliphatic carbocycles. The Labute approximate surface area is 115 Å². The van der Waals surface area contributed by atoms with Crippen LogP contribution in [0.2, 0.25) is 0 Å². The maximum atomic E-state index is 5.58. The summed E-state index contributed by atoms with van der Waals surface area (Å²) < 4.78 is 5.58. The number of fused-ring (bicyclic) bond motifs is 1. The molecule has 0 radical (unpaired) electrons. The van der Waals surface area contributed by atoms with Gasteiger partial charge < -0.3 is 15.0 Å². The molecule has 2 atom stereocenters. The van der Waals surface area contributed by atoms with E-state index in [1.54, 1.807) is 6.20 Å². The topological polar surface area (TPSA) is 37.4 Å². The van der Waals surface area contributed by atoms with E-state index >= 15 is 0 Å². The fourth-order valence-electron chi connectivity index (χ4n) is 3.33. The minimum atomic E-state index is 0.558. The van der Waals surface area contributed by atoms with Gasteiger partial charge in [-0.2, -0.15) is 0 Å². The van der Waals surface area contributed by atoms with Crippen LogP contribution in [0.1, 0.15) is 32.6 Å². The normalized spacial score (nSPS) is 27.0. The lowest BCUT2D eigenvalue weighted by Gasteiger charge is -2.35. The highest BCUT2D eigenvalue weighted by atomic mass is 16.5. The van der Waals surface area contributed by atoms with E-state index in [0.717, 1.165) is 17.6 Å². The monoisotopic (exact) mass is 261 g/mol. The van der Waals surface area contributed by atoms with E-state index in [1.165, 1.54) is 38.8 Å². The van der Waals surface area contributed by atoms with Gasteiger partial charge in [-0.3, -0.25) is 0 Å². The first-order chi connectivity index (χ1) is 9.36. The number of nitrogens with zero attached hydrogens (tertiary/aromatic N) is 2. The standard InChI is InChI=1S/C15H23N3O/c1-2-19-15-14(6-3-8-16-15)17-12-7-10-18-9-4-5-13(18)11-12/h3,6,8,12-13,17H,2,4-5,7,9-11H2,1H3. The molecule has 0 spiro atoms. The van der Waals surface area contributed by atoms with E-state index in [9.17, 15) is 0 Å². The van der Waals surface area contributed by atoms with E-state index in [1.807, 2.05) is 13.0 Å². The molecule has 0 saturated carbocycles. The third kappa shape index (κ3) is 2.84. The Morgan fingerprint density at radius 1 is 1.42 bits per heavy atom. The van der Waals surface area contributed by atoms with Gasteiger partial charge in [-0.1, -0.05) is 0 Å². The van der Waals surface area contributed by atoms with E-state index in [4.69, 9.17) is 4.74 Å². The zero-order chi connectivity index (χ0) is 13.1. The number of piperidine rings is 1. The number of hydrogen-bond acceptors (Lipinski definition) is 4. The first-order valence-electron chi connectivity index (χ1n) is 7.45. The molecule has 0 bridgehead atoms. The Balaban J connectivity index is 1.65. The molecule has 4 nitrogen and oxygen atoms in total. The van der Waals surface area contributed by atoms with Gasteiger partial charge >= 0.3 is 0 Å². The third-order valence-corrected chi connectivity index (χ3v) is 4.23. The molecule has 3 heterocycles. The minimum absolute atomic E-state index is 0.558. The summed E-state index contributed by atoms with van der Waals surface area (Å²) in [6.07, 6.45) is 6.99. The Kier molecular flexibility index (Phi) is 3.87. The molecule has 2 aliphatic rings. The van der Waals surface area contributed by atoms with Crippen LogP contribution in [0.25, 0.3) is 0 Å². The van der Waals surface area contributed by atoms with Crippen LogP contribution >= 0.6 is 0 Å². The summed E-state index contributed by atoms with van der Waals surface area (Å²) >= 11 is 0. The van der Waals surface area contributed by atoms with Crippen LogP contribution in [0.15, 0.2) is 18.3 Å². The maximum absolute atomic E-state index is 5.58. The summed E-state index contributed by atoms with van der Waals surface area (Å²) in [7, 11) is 0. The Morgan fingerprint density at radius 3 is 3.26 bits per heavy atom. The van der Waals surface area contributed by atoms with Crippen LogP contribution in [0.3, 0.4) is 0 Å². The molecule has 2 unspecified atom stereocenters. The van der Waals surface area contributed by atoms with Gasteiger partial charge in [0.05, 0.1) is 12.3 Å². The van der Waals surface area contributed by atoms with Crippen molar-refractivity contribution in [2.75, 3.05) is 25.0 Å². The zero-order valence-corrected chi connectivity index (χ0v) is 11.6. The number of pyridine rings is 1. The molecule has 19 heavy (non-hydrogen) atoms. The first-order valence-corrected chi connectivity index (χ1v) is 7.45. The number of hydrogen-bond donors (Lipinski definition) is 1. The molecule has 3 rings (SSSR count). The van der Waals surface area contributed by atoms with Crippen molar-refractivity contribution in [3.05, 3.63) is 18.3 Å². The van der Waals surface area contributed by atoms with Crippen molar-refractivity contribution in [3.63, 3.8) is 0 Å². The fourth-order valence-corrected chi connectivity index (χ4v) is 3.33. The van der Waals surface area contributed by atoms with Gasteiger partial charge in [0.1, 0.15) is 0 Å². The molecule has 1 aromatic heterocycles. The number of aromatic nitrogens is 1. The summed E-state index contributed by atoms with van der Waals surface area (Å²) in [4.78, 5) is 6.95. The molecule has 0 amide bonds. The van der Waals surface area contributed by atoms with Crippen LogP contribution in [0.5, 0.6) is 5.88 Å². The highest BCUT2D eigenvalue weighted by molar-refractivity contribution is 5.52. The van der Waals surface area contributed by atoms with Gasteiger partial charge in [0.25, 0.3) is 0 Å². The second-order valence-corrected chi connectivity index (χ2v) is 5.49. The van der Waals surface area contributed by atoms with E-state index in [-0.39, 0.29) is 0 Å². The highest BCUT2D eigenvalue weighted by Crippen LogP contribution is 2.30. The van der Waals surface area contributed by atoms with E-state index in [2.05, 4.69) is 21.3 Å². The molecular formula is C15H23N3O. The lowest BCUT2D eigenvalue weighted by atomic mass is 9.97. The lowest BCUT2D eigenvalue weighted by molar-refractivity contribution is 0.188. The average Bonchev–Trinajstić information content (AvgIpc) is 2.89. The van der Waals surface area contributed by atoms with E-state index in [0.29, 0.717) is 12.6 Å². The number of ether oxygens (including phenoxy) is 1. The SMILES string of the molecule is CCOc1ncccc1NC1CCN2CCCC2C1. The van der Waals surface area contributed by atoms with Crippen molar-refractivity contribution >= 4 is 5.69 Å². The van der Waals surface area contributed by atoms with E-state index < -0.39 is 0 Å². The third-order valence-electron chi connectivity index (χ3n) is 4.23. The molecular weight excluding hydrogens is 238 g/mol. The minimum Gasteiger partial charge on any atom is -0.476 e. The fraction of sp³-hybridized carbons (Fsp3) is 0.667. The van der Waals surface area contributed by atoms with Crippen LogP contribution in [-0.2, 0) is 0 Å². The predicted octanol–water partition coefficient (Wildman–Crippen LogP) is 2.52. The van der Waals surface area contributed by atoms with Crippen molar-refractivity contribution < 1.29 is 4.74 Å². The first kappa shape index (κ1) is 12.7. The smallest absolute Gasteiger partial charge is 0.237 e. The van der Waals surface area contributed by atoms with Gasteiger partial charge in [-0.05, 0) is 51.3 Å². The van der Waals surface area contributed by atoms with Crippen LogP contribution < -0.4 is 10.1 Å². The number of nitrogens with one attached hydrogen (secondary N) is 1. The second-order valence-electron chi connectivity index (χ2n) is 5.49. The average molecular weight is 261 g/mol. The van der Waals surface area contributed by atoms with Crippen molar-refractivity contribution in [3.8, 4) is 5.88 Å². The maximum Gasteiger partial charge on any atom is 0.237 e. The van der Waals surface area contributed by atoms with Crippen molar-refractivity contribution in [2.45, 2.75) is 44.7 Å². The molecule has 1 N–H and O–H groups in total. The summed E-state index contributed by atoms with van der Waals surface area (Å²) in [6, 6.07) is 5.38. The summed E-state index contributed by atoms with van der Waals surface area (Å²) in [5.41, 5.74) is 1.04. The highest BCUT2D eigenvalue weighted by Gasteiger charge is 2.31. The van der Waals surface area contributed by atoms with Crippen molar-refractivity contribution in [1.29, 1.82) is 0 Å². The zero-order valence-electron chi connectivity index (χ0n) is 11.6. The van der Waals surface area contributed by atoms with Crippen LogP contribution in [0.4, 0.5) is 5.69 Å². The number of rotatable bonds is 4. The second kappa shape index (κ2) is 5.78. The summed E-state index contributed by atoms with van der Waals surface area (Å²) in [5, 5.41) is 3.63. The van der Waals surface area contributed by atoms with Crippen molar-refractivity contribution in [1.82, 2.24) is 9.88 Å². The molecule has 2 aliphatic heterocycles. The van der Waals surface area contributed by atoms with Crippen LogP contribution in [0, 0.1) is 0 Å². The van der Waals surface area contributed by atoms with Crippen molar-refractivity contribution in [2.24, 2.45) is 0 Å². The Morgan fingerprint density at radius 2 is 2.37 bits per heavy atom. The lowest BCUT2D eigenvalue weighted by Crippen LogP contribution is -2.42. The summed E-state index contributed by atoms with van der Waals surface area (Å²) in [5.74, 6) is 0.735. The van der Waals surface area contributed by atoms with Gasteiger partial charge in [-0.25, -0.2) is 4.98 Å². The Hall–Kier alpha value is -1.29. The molecule has 1 aromatic rings. The summed E-state index contributed by atoms with van der Waals surface area (Å²) in [6.45, 7) is 5.18. The van der Waals surface area contributed by atoms with Gasteiger partial charge in [-0.15, -0.1) is 0 Å². The van der Waals surface area contributed by atoms with Crippen LogP contribution in [-0.4, -0.2) is 41.7 Å². The van der Waals surface area contributed by atoms with Gasteiger partial charge in [0.2, 0.25) is 5.88 Å². The molecule has 104 valence electrons. The van der Waals surface area contributed by atoms with Gasteiger partial charge in [0, 0.05) is 24.8 Å². The quantitative estimate of drug-likeness (QED) is 0.903. The molecule has 0 aromatic carbocycles. The largest absolute Gasteiger partial charge is 0.476 e. The molecule has 2 saturated heterocycles. The predicted molar refractivity (Wildman–Crippen MR) is 76.6 cm³/mol. The number of anilines is 1. The Bertz CT molecular complexity index is 424. The molecule has 2 fully saturated rings.